The topological polar surface area (TPSA) is 40.6 Å². The van der Waals surface area contributed by atoms with Gasteiger partial charge in [-0.25, -0.2) is 0 Å². The Hall–Kier alpha value is -2.62. The van der Waals surface area contributed by atoms with E-state index in [-0.39, 0.29) is 23.3 Å². The Morgan fingerprint density at radius 2 is 1.67 bits per heavy atom. The van der Waals surface area contributed by atoms with Crippen LogP contribution in [0.5, 0.6) is 0 Å². The van der Waals surface area contributed by atoms with Crippen molar-refractivity contribution in [2.45, 2.75) is 50.0 Å². The monoisotopic (exact) mass is 402 g/mol. The number of nitrogens with zero attached hydrogens (tertiary/aromatic N) is 2. The summed E-state index contributed by atoms with van der Waals surface area (Å²) >= 11 is 0. The summed E-state index contributed by atoms with van der Waals surface area (Å²) < 4.78 is 0. The molecule has 0 radical (unpaired) electrons. The van der Waals surface area contributed by atoms with Gasteiger partial charge in [-0.1, -0.05) is 60.7 Å². The predicted octanol–water partition coefficient (Wildman–Crippen LogP) is 3.80. The van der Waals surface area contributed by atoms with Crippen LogP contribution in [0.15, 0.2) is 60.7 Å². The first-order chi connectivity index (χ1) is 14.7. The van der Waals surface area contributed by atoms with Crippen LogP contribution in [0, 0.1) is 5.92 Å². The highest BCUT2D eigenvalue weighted by Gasteiger charge is 2.52. The van der Waals surface area contributed by atoms with E-state index in [0.29, 0.717) is 25.3 Å². The maximum atomic E-state index is 13.4. The molecule has 3 aliphatic rings. The molecule has 1 saturated carbocycles. The van der Waals surface area contributed by atoms with Crippen LogP contribution in [0.2, 0.25) is 0 Å². The second-order valence-corrected chi connectivity index (χ2v) is 9.28. The van der Waals surface area contributed by atoms with Crippen molar-refractivity contribution in [3.8, 4) is 0 Å². The molecule has 2 amide bonds. The predicted molar refractivity (Wildman–Crippen MR) is 117 cm³/mol. The second-order valence-electron chi connectivity index (χ2n) is 9.28. The Morgan fingerprint density at radius 1 is 0.967 bits per heavy atom. The minimum Gasteiger partial charge on any atom is -0.340 e. The SMILES string of the molecule is O=C1CC[C@@]2(c3ccccc3)CCN(C(=O)Cc3ccccc3)[C@H]2CN1CC1CC1. The Bertz CT molecular complexity index is 909. The van der Waals surface area contributed by atoms with Gasteiger partial charge in [0, 0.05) is 31.5 Å². The molecule has 0 bridgehead atoms. The summed E-state index contributed by atoms with van der Waals surface area (Å²) in [6.07, 6.45) is 5.24. The van der Waals surface area contributed by atoms with E-state index in [0.717, 1.165) is 31.5 Å². The zero-order valence-electron chi connectivity index (χ0n) is 17.5. The lowest BCUT2D eigenvalue weighted by Gasteiger charge is -2.38. The number of fused-ring (bicyclic) bond motifs is 1. The summed E-state index contributed by atoms with van der Waals surface area (Å²) in [6, 6.07) is 20.7. The lowest BCUT2D eigenvalue weighted by molar-refractivity contribution is -0.135. The fraction of sp³-hybridized carbons (Fsp3) is 0.462. The maximum Gasteiger partial charge on any atom is 0.227 e. The van der Waals surface area contributed by atoms with Crippen LogP contribution < -0.4 is 0 Å². The third-order valence-corrected chi connectivity index (χ3v) is 7.39. The van der Waals surface area contributed by atoms with Crippen molar-refractivity contribution in [2.75, 3.05) is 19.6 Å². The second kappa shape index (κ2) is 7.90. The average Bonchev–Trinajstić information content (AvgIpc) is 3.54. The first kappa shape index (κ1) is 19.3. The number of hydrogen-bond acceptors (Lipinski definition) is 2. The highest BCUT2D eigenvalue weighted by molar-refractivity contribution is 5.81. The van der Waals surface area contributed by atoms with Gasteiger partial charge in [-0.3, -0.25) is 9.59 Å². The Morgan fingerprint density at radius 3 is 2.37 bits per heavy atom. The fourth-order valence-electron chi connectivity index (χ4n) is 5.51. The molecule has 2 aliphatic heterocycles. The molecular weight excluding hydrogens is 372 g/mol. The summed E-state index contributed by atoms with van der Waals surface area (Å²) in [5.41, 5.74) is 2.21. The van der Waals surface area contributed by atoms with Crippen LogP contribution in [-0.4, -0.2) is 47.3 Å². The molecule has 0 spiro atoms. The normalized spacial score (nSPS) is 26.4. The van der Waals surface area contributed by atoms with Gasteiger partial charge in [-0.2, -0.15) is 0 Å². The third kappa shape index (κ3) is 3.64. The largest absolute Gasteiger partial charge is 0.340 e. The first-order valence-corrected chi connectivity index (χ1v) is 11.3. The molecular formula is C26H30N2O2. The smallest absolute Gasteiger partial charge is 0.227 e. The Labute approximate surface area is 178 Å². The van der Waals surface area contributed by atoms with Gasteiger partial charge in [0.25, 0.3) is 0 Å². The molecule has 156 valence electrons. The zero-order valence-corrected chi connectivity index (χ0v) is 17.5. The van der Waals surface area contributed by atoms with E-state index < -0.39 is 0 Å². The van der Waals surface area contributed by atoms with Crippen LogP contribution in [-0.2, 0) is 21.4 Å². The van der Waals surface area contributed by atoms with Crippen molar-refractivity contribution in [2.24, 2.45) is 5.92 Å². The molecule has 2 aromatic rings. The number of amides is 2. The number of likely N-dealkylation sites (tertiary alicyclic amines) is 2. The molecule has 2 saturated heterocycles. The zero-order chi connectivity index (χ0) is 20.6. The lowest BCUT2D eigenvalue weighted by Crippen LogP contribution is -2.51. The standard InChI is InChI=1S/C26H30N2O2/c29-24-13-14-26(22-9-5-2-6-10-22)15-16-28(23(26)19-27(24)18-21-11-12-21)25(30)17-20-7-3-1-4-8-20/h1-10,21,23H,11-19H2/t23-,26-/m0/s1. The molecule has 2 atom stereocenters. The van der Waals surface area contributed by atoms with Crippen LogP contribution in [0.3, 0.4) is 0 Å². The van der Waals surface area contributed by atoms with E-state index in [2.05, 4.69) is 34.1 Å². The molecule has 0 N–H and O–H groups in total. The van der Waals surface area contributed by atoms with E-state index >= 15 is 0 Å². The number of carbonyl (C=O) groups is 2. The molecule has 4 nitrogen and oxygen atoms in total. The van der Waals surface area contributed by atoms with Gasteiger partial charge in [0.15, 0.2) is 0 Å². The third-order valence-electron chi connectivity index (χ3n) is 7.39. The van der Waals surface area contributed by atoms with E-state index in [1.165, 1.54) is 18.4 Å². The Balaban J connectivity index is 1.47. The molecule has 0 aromatic heterocycles. The van der Waals surface area contributed by atoms with Crippen molar-refractivity contribution in [1.29, 1.82) is 0 Å². The van der Waals surface area contributed by atoms with Crippen molar-refractivity contribution in [1.82, 2.24) is 9.80 Å². The van der Waals surface area contributed by atoms with Gasteiger partial charge in [-0.05, 0) is 42.7 Å². The summed E-state index contributed by atoms with van der Waals surface area (Å²) in [6.45, 7) is 2.31. The van der Waals surface area contributed by atoms with Crippen molar-refractivity contribution >= 4 is 11.8 Å². The van der Waals surface area contributed by atoms with Gasteiger partial charge < -0.3 is 9.80 Å². The van der Waals surface area contributed by atoms with Crippen molar-refractivity contribution < 1.29 is 9.59 Å². The molecule has 0 unspecified atom stereocenters. The number of hydrogen-bond donors (Lipinski definition) is 0. The van der Waals surface area contributed by atoms with Crippen LogP contribution in [0.25, 0.3) is 0 Å². The Kier molecular flexibility index (Phi) is 5.10. The lowest BCUT2D eigenvalue weighted by atomic mass is 9.71. The van der Waals surface area contributed by atoms with E-state index in [9.17, 15) is 9.59 Å². The minimum absolute atomic E-state index is 0.0568. The highest BCUT2D eigenvalue weighted by Crippen LogP contribution is 2.46. The van der Waals surface area contributed by atoms with Crippen LogP contribution in [0.1, 0.15) is 43.2 Å². The van der Waals surface area contributed by atoms with Gasteiger partial charge in [0.05, 0.1) is 12.5 Å². The molecule has 1 aliphatic carbocycles. The van der Waals surface area contributed by atoms with Gasteiger partial charge in [0.1, 0.15) is 0 Å². The van der Waals surface area contributed by atoms with E-state index in [4.69, 9.17) is 0 Å². The number of benzene rings is 2. The molecule has 2 heterocycles. The van der Waals surface area contributed by atoms with Crippen LogP contribution >= 0.6 is 0 Å². The summed E-state index contributed by atoms with van der Waals surface area (Å²) in [7, 11) is 0. The fourth-order valence-corrected chi connectivity index (χ4v) is 5.51. The van der Waals surface area contributed by atoms with E-state index in [1.807, 2.05) is 36.4 Å². The molecule has 30 heavy (non-hydrogen) atoms. The van der Waals surface area contributed by atoms with Crippen molar-refractivity contribution in [3.63, 3.8) is 0 Å². The average molecular weight is 403 g/mol. The van der Waals surface area contributed by atoms with E-state index in [1.54, 1.807) is 0 Å². The van der Waals surface area contributed by atoms with Crippen molar-refractivity contribution in [3.05, 3.63) is 71.8 Å². The molecule has 4 heteroatoms. The molecule has 2 aromatic carbocycles. The van der Waals surface area contributed by atoms with Gasteiger partial charge in [0.2, 0.25) is 11.8 Å². The first-order valence-electron chi connectivity index (χ1n) is 11.3. The highest BCUT2D eigenvalue weighted by atomic mass is 16.2. The number of carbonyl (C=O) groups excluding carboxylic acids is 2. The summed E-state index contributed by atoms with van der Waals surface area (Å²) in [5.74, 6) is 1.11. The van der Waals surface area contributed by atoms with Gasteiger partial charge in [-0.15, -0.1) is 0 Å². The van der Waals surface area contributed by atoms with Gasteiger partial charge >= 0.3 is 0 Å². The molecule has 5 rings (SSSR count). The maximum absolute atomic E-state index is 13.4. The quantitative estimate of drug-likeness (QED) is 0.763. The minimum atomic E-state index is -0.123. The van der Waals surface area contributed by atoms with Crippen LogP contribution in [0.4, 0.5) is 0 Å². The summed E-state index contributed by atoms with van der Waals surface area (Å²) in [4.78, 5) is 30.5. The summed E-state index contributed by atoms with van der Waals surface area (Å²) in [5, 5.41) is 0. The molecule has 3 fully saturated rings. The number of rotatable bonds is 5.